The highest BCUT2D eigenvalue weighted by Gasteiger charge is 2.24. The van der Waals surface area contributed by atoms with Crippen LogP contribution in [0.3, 0.4) is 0 Å². The zero-order valence-corrected chi connectivity index (χ0v) is 12.5. The minimum absolute atomic E-state index is 0.0252. The number of rotatable bonds is 5. The average Bonchev–Trinajstić information content (AvgIpc) is 3.06. The maximum atomic E-state index is 11.6. The summed E-state index contributed by atoms with van der Waals surface area (Å²) >= 11 is 1.32. The van der Waals surface area contributed by atoms with Crippen molar-refractivity contribution >= 4 is 17.7 Å². The SMILES string of the molecule is CC(C)(C)c1nnc(SCC(=O)NCC2CC2)n1N. The van der Waals surface area contributed by atoms with Crippen LogP contribution >= 0.6 is 11.8 Å². The molecule has 1 saturated carbocycles. The molecular weight excluding hydrogens is 262 g/mol. The second kappa shape index (κ2) is 5.40. The number of hydrogen-bond acceptors (Lipinski definition) is 5. The van der Waals surface area contributed by atoms with E-state index in [2.05, 4.69) is 15.5 Å². The van der Waals surface area contributed by atoms with Gasteiger partial charge >= 0.3 is 0 Å². The van der Waals surface area contributed by atoms with Gasteiger partial charge in [0.05, 0.1) is 5.75 Å². The van der Waals surface area contributed by atoms with Crippen molar-refractivity contribution in [2.45, 2.75) is 44.2 Å². The van der Waals surface area contributed by atoms with Gasteiger partial charge in [-0.2, -0.15) is 0 Å². The van der Waals surface area contributed by atoms with E-state index in [9.17, 15) is 4.79 Å². The highest BCUT2D eigenvalue weighted by Crippen LogP contribution is 2.27. The third-order valence-corrected chi connectivity index (χ3v) is 3.90. The van der Waals surface area contributed by atoms with E-state index in [0.717, 1.165) is 6.54 Å². The van der Waals surface area contributed by atoms with Gasteiger partial charge in [0, 0.05) is 12.0 Å². The van der Waals surface area contributed by atoms with E-state index in [4.69, 9.17) is 5.84 Å². The van der Waals surface area contributed by atoms with Gasteiger partial charge in [0.15, 0.2) is 5.82 Å². The Hall–Kier alpha value is -1.24. The molecular formula is C12H21N5OS. The third-order valence-electron chi connectivity index (χ3n) is 2.95. The van der Waals surface area contributed by atoms with Crippen LogP contribution in [-0.4, -0.2) is 33.1 Å². The van der Waals surface area contributed by atoms with E-state index in [1.54, 1.807) is 0 Å². The van der Waals surface area contributed by atoms with E-state index >= 15 is 0 Å². The molecule has 1 aliphatic carbocycles. The number of thioether (sulfide) groups is 1. The molecule has 1 aromatic heterocycles. The zero-order chi connectivity index (χ0) is 14.0. The molecule has 0 bridgehead atoms. The molecule has 0 atom stereocenters. The summed E-state index contributed by atoms with van der Waals surface area (Å²) in [5, 5.41) is 11.6. The maximum absolute atomic E-state index is 11.6. The second-order valence-corrected chi connectivity index (χ2v) is 6.90. The van der Waals surface area contributed by atoms with Crippen LogP contribution in [0.25, 0.3) is 0 Å². The van der Waals surface area contributed by atoms with Gasteiger partial charge in [-0.05, 0) is 18.8 Å². The molecule has 19 heavy (non-hydrogen) atoms. The van der Waals surface area contributed by atoms with E-state index in [-0.39, 0.29) is 11.3 Å². The fraction of sp³-hybridized carbons (Fsp3) is 0.750. The summed E-state index contributed by atoms with van der Waals surface area (Å²) in [5.74, 6) is 7.71. The summed E-state index contributed by atoms with van der Waals surface area (Å²) in [4.78, 5) is 11.6. The van der Waals surface area contributed by atoms with Crippen LogP contribution < -0.4 is 11.2 Å². The number of carbonyl (C=O) groups excluding carboxylic acids is 1. The first-order chi connectivity index (χ1) is 8.88. The lowest BCUT2D eigenvalue weighted by atomic mass is 9.96. The Labute approximate surface area is 117 Å². The fourth-order valence-electron chi connectivity index (χ4n) is 1.65. The molecule has 0 spiro atoms. The molecule has 3 N–H and O–H groups in total. The Morgan fingerprint density at radius 3 is 2.68 bits per heavy atom. The quantitative estimate of drug-likeness (QED) is 0.619. The largest absolute Gasteiger partial charge is 0.355 e. The van der Waals surface area contributed by atoms with E-state index in [1.807, 2.05) is 20.8 Å². The van der Waals surface area contributed by atoms with Crippen LogP contribution in [-0.2, 0) is 10.2 Å². The summed E-state index contributed by atoms with van der Waals surface area (Å²) in [6, 6.07) is 0. The molecule has 1 aliphatic rings. The number of nitrogens with one attached hydrogen (secondary N) is 1. The minimum Gasteiger partial charge on any atom is -0.355 e. The number of nitrogens with two attached hydrogens (primary N) is 1. The summed E-state index contributed by atoms with van der Waals surface area (Å²) in [6.07, 6.45) is 2.47. The molecule has 1 heterocycles. The van der Waals surface area contributed by atoms with Gasteiger partial charge in [0.25, 0.3) is 0 Å². The Balaban J connectivity index is 1.85. The number of amides is 1. The van der Waals surface area contributed by atoms with E-state index in [0.29, 0.717) is 22.7 Å². The lowest BCUT2D eigenvalue weighted by Crippen LogP contribution is -2.28. The zero-order valence-electron chi connectivity index (χ0n) is 11.6. The van der Waals surface area contributed by atoms with Crippen molar-refractivity contribution < 1.29 is 4.79 Å². The molecule has 106 valence electrons. The molecule has 0 saturated heterocycles. The van der Waals surface area contributed by atoms with Crippen molar-refractivity contribution in [1.82, 2.24) is 20.2 Å². The normalized spacial score (nSPS) is 15.5. The van der Waals surface area contributed by atoms with Crippen LogP contribution in [0, 0.1) is 5.92 Å². The predicted octanol–water partition coefficient (Wildman–Crippen LogP) is 0.908. The van der Waals surface area contributed by atoms with Gasteiger partial charge < -0.3 is 11.2 Å². The topological polar surface area (TPSA) is 85.8 Å². The van der Waals surface area contributed by atoms with Crippen molar-refractivity contribution in [3.63, 3.8) is 0 Å². The van der Waals surface area contributed by atoms with Gasteiger partial charge in [-0.1, -0.05) is 32.5 Å². The monoisotopic (exact) mass is 283 g/mol. The molecule has 0 radical (unpaired) electrons. The standard InChI is InChI=1S/C12H21N5OS/c1-12(2,3)10-15-16-11(17(10)13)19-7-9(18)14-6-8-4-5-8/h8H,4-7,13H2,1-3H3,(H,14,18). The first kappa shape index (κ1) is 14.2. The Bertz CT molecular complexity index is 461. The van der Waals surface area contributed by atoms with Gasteiger partial charge in [0.2, 0.25) is 11.1 Å². The number of aromatic nitrogens is 3. The highest BCUT2D eigenvalue weighted by molar-refractivity contribution is 7.99. The summed E-state index contributed by atoms with van der Waals surface area (Å²) in [7, 11) is 0. The minimum atomic E-state index is -0.158. The molecule has 0 aromatic carbocycles. The van der Waals surface area contributed by atoms with Crippen molar-refractivity contribution in [1.29, 1.82) is 0 Å². The fourth-order valence-corrected chi connectivity index (χ4v) is 2.33. The van der Waals surface area contributed by atoms with Gasteiger partial charge in [-0.15, -0.1) is 10.2 Å². The summed E-state index contributed by atoms with van der Waals surface area (Å²) < 4.78 is 1.47. The van der Waals surface area contributed by atoms with Crippen molar-refractivity contribution in [3.8, 4) is 0 Å². The first-order valence-corrected chi connectivity index (χ1v) is 7.47. The maximum Gasteiger partial charge on any atom is 0.230 e. The lowest BCUT2D eigenvalue weighted by Gasteiger charge is -2.16. The van der Waals surface area contributed by atoms with Gasteiger partial charge in [-0.25, -0.2) is 4.68 Å². The number of nitrogens with zero attached hydrogens (tertiary/aromatic N) is 3. The van der Waals surface area contributed by atoms with Crippen LogP contribution in [0.2, 0.25) is 0 Å². The Morgan fingerprint density at radius 1 is 1.47 bits per heavy atom. The average molecular weight is 283 g/mol. The second-order valence-electron chi connectivity index (χ2n) is 5.96. The predicted molar refractivity (Wildman–Crippen MR) is 75.3 cm³/mol. The summed E-state index contributed by atoms with van der Waals surface area (Å²) in [5.41, 5.74) is -0.158. The van der Waals surface area contributed by atoms with Crippen molar-refractivity contribution in [3.05, 3.63) is 5.82 Å². The first-order valence-electron chi connectivity index (χ1n) is 6.48. The Morgan fingerprint density at radius 2 is 2.16 bits per heavy atom. The molecule has 1 aromatic rings. The highest BCUT2D eigenvalue weighted by atomic mass is 32.2. The number of nitrogen functional groups attached to an aromatic ring is 1. The van der Waals surface area contributed by atoms with Crippen LogP contribution in [0.4, 0.5) is 0 Å². The molecule has 1 amide bonds. The van der Waals surface area contributed by atoms with E-state index in [1.165, 1.54) is 29.3 Å². The van der Waals surface area contributed by atoms with Gasteiger partial charge in [0.1, 0.15) is 0 Å². The summed E-state index contributed by atoms with van der Waals surface area (Å²) in [6.45, 7) is 6.87. The lowest BCUT2D eigenvalue weighted by molar-refractivity contribution is -0.118. The van der Waals surface area contributed by atoms with Crippen LogP contribution in [0.15, 0.2) is 5.16 Å². The van der Waals surface area contributed by atoms with Crippen molar-refractivity contribution in [2.24, 2.45) is 5.92 Å². The smallest absolute Gasteiger partial charge is 0.230 e. The molecule has 0 unspecified atom stereocenters. The van der Waals surface area contributed by atoms with Gasteiger partial charge in [-0.3, -0.25) is 4.79 Å². The third kappa shape index (κ3) is 3.86. The number of carbonyl (C=O) groups is 1. The molecule has 6 nitrogen and oxygen atoms in total. The van der Waals surface area contributed by atoms with Crippen LogP contribution in [0.5, 0.6) is 0 Å². The molecule has 2 rings (SSSR count). The Kier molecular flexibility index (Phi) is 4.03. The van der Waals surface area contributed by atoms with Crippen molar-refractivity contribution in [2.75, 3.05) is 18.1 Å². The molecule has 0 aliphatic heterocycles. The van der Waals surface area contributed by atoms with E-state index < -0.39 is 0 Å². The number of hydrogen-bond donors (Lipinski definition) is 2. The van der Waals surface area contributed by atoms with Crippen LogP contribution in [0.1, 0.15) is 39.4 Å². The molecule has 1 fully saturated rings. The molecule has 7 heteroatoms.